The van der Waals surface area contributed by atoms with Crippen molar-refractivity contribution in [1.82, 2.24) is 14.9 Å². The number of ether oxygens (including phenoxy) is 1. The van der Waals surface area contributed by atoms with Gasteiger partial charge in [-0.1, -0.05) is 30.3 Å². The van der Waals surface area contributed by atoms with E-state index in [4.69, 9.17) is 4.74 Å². The Morgan fingerprint density at radius 1 is 1.32 bits per heavy atom. The lowest BCUT2D eigenvalue weighted by Gasteiger charge is -2.13. The van der Waals surface area contributed by atoms with Crippen molar-refractivity contribution in [3.8, 4) is 0 Å². The Morgan fingerprint density at radius 3 is 2.68 bits per heavy atom. The second kappa shape index (κ2) is 7.40. The topological polar surface area (TPSA) is 73.2 Å². The minimum atomic E-state index is -0.720. The van der Waals surface area contributed by atoms with Gasteiger partial charge in [-0.05, 0) is 5.56 Å². The van der Waals surface area contributed by atoms with E-state index in [1.165, 1.54) is 14.0 Å². The largest absolute Gasteiger partial charge is 0.467 e. The summed E-state index contributed by atoms with van der Waals surface area (Å²) in [5.74, 6) is -0.757. The van der Waals surface area contributed by atoms with Crippen molar-refractivity contribution >= 4 is 11.9 Å². The maximum atomic E-state index is 11.7. The van der Waals surface area contributed by atoms with E-state index in [1.54, 1.807) is 6.33 Å². The fourth-order valence-electron chi connectivity index (χ4n) is 2.18. The highest BCUT2D eigenvalue weighted by Crippen LogP contribution is 2.06. The van der Waals surface area contributed by atoms with E-state index in [9.17, 15) is 9.59 Å². The Bertz CT molecular complexity index is 637. The van der Waals surface area contributed by atoms with Gasteiger partial charge < -0.3 is 14.6 Å². The van der Waals surface area contributed by atoms with E-state index in [-0.39, 0.29) is 5.91 Å². The third-order valence-electron chi connectivity index (χ3n) is 3.17. The molecule has 0 radical (unpaired) electrons. The van der Waals surface area contributed by atoms with Crippen LogP contribution >= 0.6 is 0 Å². The molecule has 0 fully saturated rings. The summed E-state index contributed by atoms with van der Waals surface area (Å²) in [4.78, 5) is 27.1. The summed E-state index contributed by atoms with van der Waals surface area (Å²) in [6.45, 7) is 2.07. The minimum absolute atomic E-state index is 0.279. The summed E-state index contributed by atoms with van der Waals surface area (Å²) >= 11 is 0. The molecule has 22 heavy (non-hydrogen) atoms. The molecule has 1 amide bonds. The Kier molecular flexibility index (Phi) is 5.30. The number of benzene rings is 1. The Labute approximate surface area is 129 Å². The Morgan fingerprint density at radius 2 is 2.05 bits per heavy atom. The van der Waals surface area contributed by atoms with Crippen LogP contribution in [-0.4, -0.2) is 34.6 Å². The number of esters is 1. The molecule has 2 rings (SSSR count). The van der Waals surface area contributed by atoms with E-state index < -0.39 is 12.0 Å². The molecule has 0 saturated carbocycles. The van der Waals surface area contributed by atoms with E-state index in [0.717, 1.165) is 11.3 Å². The van der Waals surface area contributed by atoms with Crippen molar-refractivity contribution < 1.29 is 14.3 Å². The average Bonchev–Trinajstić information content (AvgIpc) is 2.93. The lowest BCUT2D eigenvalue weighted by molar-refractivity contribution is -0.144. The van der Waals surface area contributed by atoms with Crippen LogP contribution in [0.5, 0.6) is 0 Å². The van der Waals surface area contributed by atoms with Crippen LogP contribution < -0.4 is 5.32 Å². The van der Waals surface area contributed by atoms with Gasteiger partial charge in [0.2, 0.25) is 5.91 Å². The number of amides is 1. The predicted molar refractivity (Wildman–Crippen MR) is 81.1 cm³/mol. The standard InChI is InChI=1S/C16H19N3O3/c1-12(20)18-15(16(21)22-2)8-14-10-19(11-17-14)9-13-6-4-3-5-7-13/h3-7,10-11,15H,8-9H2,1-2H3,(H,18,20)/t15-/m0/s1. The molecule has 0 aliphatic rings. The molecule has 0 aliphatic heterocycles. The van der Waals surface area contributed by atoms with Gasteiger partial charge >= 0.3 is 5.97 Å². The molecule has 1 aromatic carbocycles. The summed E-state index contributed by atoms with van der Waals surface area (Å²) in [6.07, 6.45) is 3.88. The molecule has 6 nitrogen and oxygen atoms in total. The van der Waals surface area contributed by atoms with Crippen molar-refractivity contribution in [3.63, 3.8) is 0 Å². The van der Waals surface area contributed by atoms with Gasteiger partial charge in [0.25, 0.3) is 0 Å². The molecule has 116 valence electrons. The summed E-state index contributed by atoms with van der Waals surface area (Å²) < 4.78 is 6.64. The van der Waals surface area contributed by atoms with Gasteiger partial charge in [0, 0.05) is 26.1 Å². The van der Waals surface area contributed by atoms with Crippen molar-refractivity contribution in [2.24, 2.45) is 0 Å². The first-order chi connectivity index (χ1) is 10.6. The van der Waals surface area contributed by atoms with Gasteiger partial charge in [-0.3, -0.25) is 4.79 Å². The molecule has 0 saturated heterocycles. The number of methoxy groups -OCH3 is 1. The average molecular weight is 301 g/mol. The van der Waals surface area contributed by atoms with Crippen molar-refractivity contribution in [2.45, 2.75) is 25.9 Å². The number of carbonyl (C=O) groups is 2. The summed E-state index contributed by atoms with van der Waals surface area (Å²) in [6, 6.07) is 9.29. The molecule has 0 aliphatic carbocycles. The maximum Gasteiger partial charge on any atom is 0.328 e. The van der Waals surface area contributed by atoms with Crippen LogP contribution in [0.25, 0.3) is 0 Å². The first kappa shape index (κ1) is 15.8. The number of hydrogen-bond acceptors (Lipinski definition) is 4. The molecule has 1 heterocycles. The molecule has 1 atom stereocenters. The normalized spacial score (nSPS) is 11.7. The van der Waals surface area contributed by atoms with Crippen molar-refractivity contribution in [1.29, 1.82) is 0 Å². The van der Waals surface area contributed by atoms with E-state index >= 15 is 0 Å². The molecule has 0 spiro atoms. The number of aromatic nitrogens is 2. The molecule has 2 aromatic rings. The number of rotatable bonds is 6. The first-order valence-electron chi connectivity index (χ1n) is 6.98. The zero-order valence-electron chi connectivity index (χ0n) is 12.7. The van der Waals surface area contributed by atoms with Gasteiger partial charge in [0.05, 0.1) is 19.1 Å². The number of imidazole rings is 1. The molecule has 1 N–H and O–H groups in total. The number of nitrogens with zero attached hydrogens (tertiary/aromatic N) is 2. The van der Waals surface area contributed by atoms with Crippen LogP contribution in [-0.2, 0) is 27.3 Å². The fraction of sp³-hybridized carbons (Fsp3) is 0.312. The predicted octanol–water partition coefficient (Wildman–Crippen LogP) is 1.15. The summed E-state index contributed by atoms with van der Waals surface area (Å²) in [7, 11) is 1.30. The van der Waals surface area contributed by atoms with Crippen LogP contribution in [0.4, 0.5) is 0 Å². The maximum absolute atomic E-state index is 11.7. The summed E-state index contributed by atoms with van der Waals surface area (Å²) in [5.41, 5.74) is 1.89. The zero-order valence-corrected chi connectivity index (χ0v) is 12.7. The monoisotopic (exact) mass is 301 g/mol. The van der Waals surface area contributed by atoms with Crippen LogP contribution in [0, 0.1) is 0 Å². The highest BCUT2D eigenvalue weighted by atomic mass is 16.5. The van der Waals surface area contributed by atoms with E-state index in [2.05, 4.69) is 10.3 Å². The molecule has 0 unspecified atom stereocenters. The number of carbonyl (C=O) groups excluding carboxylic acids is 2. The van der Waals surface area contributed by atoms with Crippen LogP contribution in [0.2, 0.25) is 0 Å². The van der Waals surface area contributed by atoms with E-state index in [0.29, 0.717) is 13.0 Å². The lowest BCUT2D eigenvalue weighted by atomic mass is 10.1. The molecular formula is C16H19N3O3. The van der Waals surface area contributed by atoms with Crippen molar-refractivity contribution in [3.05, 3.63) is 54.1 Å². The van der Waals surface area contributed by atoms with Gasteiger partial charge in [-0.2, -0.15) is 0 Å². The van der Waals surface area contributed by atoms with Gasteiger partial charge in [0.15, 0.2) is 0 Å². The molecular weight excluding hydrogens is 282 g/mol. The van der Waals surface area contributed by atoms with Gasteiger partial charge in [-0.25, -0.2) is 9.78 Å². The quantitative estimate of drug-likeness (QED) is 0.812. The molecule has 6 heteroatoms. The van der Waals surface area contributed by atoms with Gasteiger partial charge in [-0.15, -0.1) is 0 Å². The van der Waals surface area contributed by atoms with Gasteiger partial charge in [0.1, 0.15) is 6.04 Å². The second-order valence-corrected chi connectivity index (χ2v) is 5.00. The summed E-state index contributed by atoms with van der Waals surface area (Å²) in [5, 5.41) is 2.58. The van der Waals surface area contributed by atoms with E-state index in [1.807, 2.05) is 41.1 Å². The van der Waals surface area contributed by atoms with Crippen LogP contribution in [0.3, 0.4) is 0 Å². The first-order valence-corrected chi connectivity index (χ1v) is 6.98. The third-order valence-corrected chi connectivity index (χ3v) is 3.17. The third kappa shape index (κ3) is 4.44. The Balaban J connectivity index is 2.03. The SMILES string of the molecule is COC(=O)[C@H](Cc1cn(Cc2ccccc2)cn1)NC(C)=O. The second-order valence-electron chi connectivity index (χ2n) is 5.00. The van der Waals surface area contributed by atoms with Crippen LogP contribution in [0.15, 0.2) is 42.9 Å². The smallest absolute Gasteiger partial charge is 0.328 e. The molecule has 0 bridgehead atoms. The van der Waals surface area contributed by atoms with Crippen LogP contribution in [0.1, 0.15) is 18.2 Å². The number of nitrogens with one attached hydrogen (secondary N) is 1. The lowest BCUT2D eigenvalue weighted by Crippen LogP contribution is -2.42. The fourth-order valence-corrected chi connectivity index (χ4v) is 2.18. The van der Waals surface area contributed by atoms with Crippen molar-refractivity contribution in [2.75, 3.05) is 7.11 Å². The molecule has 1 aromatic heterocycles. The minimum Gasteiger partial charge on any atom is -0.467 e. The Hall–Kier alpha value is -2.63. The highest BCUT2D eigenvalue weighted by molar-refractivity contribution is 5.83. The highest BCUT2D eigenvalue weighted by Gasteiger charge is 2.21. The number of hydrogen-bond donors (Lipinski definition) is 1. The zero-order chi connectivity index (χ0) is 15.9.